The number of methoxy groups -OCH3 is 1. The summed E-state index contributed by atoms with van der Waals surface area (Å²) >= 11 is 0. The number of aliphatic hydroxyl groups is 1. The van der Waals surface area contributed by atoms with Crippen molar-refractivity contribution in [3.8, 4) is 5.75 Å². The van der Waals surface area contributed by atoms with Crippen LogP contribution in [0.25, 0.3) is 0 Å². The van der Waals surface area contributed by atoms with E-state index in [1.54, 1.807) is 19.2 Å². The van der Waals surface area contributed by atoms with Gasteiger partial charge in [-0.05, 0) is 31.4 Å². The number of benzene rings is 2. The van der Waals surface area contributed by atoms with E-state index in [0.717, 1.165) is 43.0 Å². The number of nitro groups is 1. The van der Waals surface area contributed by atoms with Crippen molar-refractivity contribution in [1.29, 1.82) is 0 Å². The van der Waals surface area contributed by atoms with E-state index >= 15 is 0 Å². The molecule has 4 rings (SSSR count). The number of para-hydroxylation sites is 2. The van der Waals surface area contributed by atoms with Gasteiger partial charge in [0.25, 0.3) is 17.2 Å². The maximum Gasteiger partial charge on any atom is 0.271 e. The second-order valence-electron chi connectivity index (χ2n) is 7.26. The summed E-state index contributed by atoms with van der Waals surface area (Å²) in [5.41, 5.74) is 0.0943. The quantitative estimate of drug-likeness (QED) is 0.401. The van der Waals surface area contributed by atoms with Crippen molar-refractivity contribution in [2.24, 2.45) is 0 Å². The molecule has 2 aromatic carbocycles. The molecule has 0 bridgehead atoms. The largest absolute Gasteiger partial charge is 1.00 e. The lowest BCUT2D eigenvalue weighted by Gasteiger charge is -2.23. The maximum absolute atomic E-state index is 11.8. The van der Waals surface area contributed by atoms with Crippen LogP contribution in [0, 0.1) is 10.1 Å². The minimum atomic E-state index is -1.33. The van der Waals surface area contributed by atoms with Crippen LogP contribution < -0.4 is 26.6 Å². The first-order valence-corrected chi connectivity index (χ1v) is 9.56. The normalized spacial score (nSPS) is 21.2. The molecule has 154 valence electrons. The SMILES string of the molecule is COc1ccccc1N1CC(O)(c2cccc([N+](=O)[O-])c2)[N+]2=C1CCCCC2.[Br-]. The van der Waals surface area contributed by atoms with E-state index in [0.29, 0.717) is 18.7 Å². The minimum absolute atomic E-state index is 0. The smallest absolute Gasteiger partial charge is 0.271 e. The zero-order valence-corrected chi connectivity index (χ0v) is 17.8. The number of hydrogen-bond donors (Lipinski definition) is 1. The molecule has 29 heavy (non-hydrogen) atoms. The number of rotatable bonds is 4. The molecule has 2 aliphatic rings. The summed E-state index contributed by atoms with van der Waals surface area (Å²) < 4.78 is 7.57. The van der Waals surface area contributed by atoms with Crippen molar-refractivity contribution in [1.82, 2.24) is 0 Å². The Balaban J connectivity index is 0.00000240. The van der Waals surface area contributed by atoms with Crippen molar-refractivity contribution in [2.75, 3.05) is 25.1 Å². The highest BCUT2D eigenvalue weighted by Gasteiger charge is 2.52. The number of nitrogens with zero attached hydrogens (tertiary/aromatic N) is 3. The second-order valence-corrected chi connectivity index (χ2v) is 7.26. The van der Waals surface area contributed by atoms with E-state index < -0.39 is 10.6 Å². The fraction of sp³-hybridized carbons (Fsp3) is 0.381. The van der Waals surface area contributed by atoms with Crippen molar-refractivity contribution in [3.63, 3.8) is 0 Å². The molecule has 1 unspecified atom stereocenters. The predicted octanol–water partition coefficient (Wildman–Crippen LogP) is 0.258. The van der Waals surface area contributed by atoms with Crippen LogP contribution >= 0.6 is 0 Å². The van der Waals surface area contributed by atoms with Gasteiger partial charge in [0.1, 0.15) is 0 Å². The lowest BCUT2D eigenvalue weighted by atomic mass is 10.0. The van der Waals surface area contributed by atoms with Crippen LogP contribution in [0.2, 0.25) is 0 Å². The van der Waals surface area contributed by atoms with Gasteiger partial charge in [0.2, 0.25) is 0 Å². The van der Waals surface area contributed by atoms with E-state index in [1.165, 1.54) is 12.1 Å². The third kappa shape index (κ3) is 3.74. The van der Waals surface area contributed by atoms with E-state index in [2.05, 4.69) is 4.90 Å². The molecule has 2 heterocycles. The Labute approximate surface area is 180 Å². The summed E-state index contributed by atoms with van der Waals surface area (Å²) in [5.74, 6) is 1.78. The highest BCUT2D eigenvalue weighted by atomic mass is 79.9. The Morgan fingerprint density at radius 1 is 1.17 bits per heavy atom. The number of anilines is 1. The first-order chi connectivity index (χ1) is 13.5. The topological polar surface area (TPSA) is 78.9 Å². The molecule has 1 N–H and O–H groups in total. The van der Waals surface area contributed by atoms with E-state index in [4.69, 9.17) is 4.74 Å². The van der Waals surface area contributed by atoms with Crippen LogP contribution in [-0.4, -0.2) is 40.6 Å². The molecular weight excluding hydrogens is 438 g/mol. The standard InChI is InChI=1S/C21H24N3O4.BrH/c1-28-19-11-5-4-10-18(19)22-15-21(25,23-13-6-2-3-12-20(22)23)16-8-7-9-17(14-16)24(26)27;/h4-5,7-11,14,25H,2-3,6,12-13,15H2,1H3;1H/q+1;/p-1. The van der Waals surface area contributed by atoms with Gasteiger partial charge in [-0.2, -0.15) is 0 Å². The van der Waals surface area contributed by atoms with Gasteiger partial charge in [-0.3, -0.25) is 10.1 Å². The van der Waals surface area contributed by atoms with Gasteiger partial charge >= 0.3 is 0 Å². The summed E-state index contributed by atoms with van der Waals surface area (Å²) in [7, 11) is 1.64. The van der Waals surface area contributed by atoms with E-state index in [1.807, 2.05) is 28.8 Å². The predicted molar refractivity (Wildman–Crippen MR) is 106 cm³/mol. The van der Waals surface area contributed by atoms with Crippen molar-refractivity contribution in [3.05, 3.63) is 64.2 Å². The fourth-order valence-corrected chi connectivity index (χ4v) is 4.26. The molecule has 2 aromatic rings. The molecule has 8 heteroatoms. The van der Waals surface area contributed by atoms with E-state index in [-0.39, 0.29) is 22.7 Å². The number of hydrogen-bond acceptors (Lipinski definition) is 5. The lowest BCUT2D eigenvalue weighted by molar-refractivity contribution is -0.658. The fourth-order valence-electron chi connectivity index (χ4n) is 4.26. The lowest BCUT2D eigenvalue weighted by Crippen LogP contribution is -3.00. The highest BCUT2D eigenvalue weighted by Crippen LogP contribution is 2.39. The molecule has 2 aliphatic heterocycles. The number of non-ortho nitro benzene ring substituents is 1. The molecule has 0 amide bonds. The Morgan fingerprint density at radius 2 is 1.97 bits per heavy atom. The average molecular weight is 462 g/mol. The van der Waals surface area contributed by atoms with Crippen LogP contribution in [-0.2, 0) is 5.72 Å². The van der Waals surface area contributed by atoms with Crippen LogP contribution in [0.3, 0.4) is 0 Å². The van der Waals surface area contributed by atoms with Crippen LogP contribution in [0.1, 0.15) is 31.2 Å². The van der Waals surface area contributed by atoms with Gasteiger partial charge in [0, 0.05) is 24.1 Å². The first-order valence-electron chi connectivity index (χ1n) is 9.56. The molecule has 0 saturated heterocycles. The number of nitro benzene ring substituents is 1. The minimum Gasteiger partial charge on any atom is -1.00 e. The maximum atomic E-state index is 11.8. The molecule has 7 nitrogen and oxygen atoms in total. The van der Waals surface area contributed by atoms with Crippen molar-refractivity contribution >= 4 is 17.2 Å². The molecule has 0 aliphatic carbocycles. The van der Waals surface area contributed by atoms with Gasteiger partial charge in [0.05, 0.1) is 18.6 Å². The monoisotopic (exact) mass is 461 g/mol. The summed E-state index contributed by atoms with van der Waals surface area (Å²) in [5, 5.41) is 23.0. The van der Waals surface area contributed by atoms with Gasteiger partial charge < -0.3 is 26.8 Å². The molecule has 1 atom stereocenters. The Bertz CT molecular complexity index is 949. The molecule has 0 radical (unpaired) electrons. The van der Waals surface area contributed by atoms with Gasteiger partial charge in [-0.15, -0.1) is 0 Å². The first kappa shape index (κ1) is 21.3. The summed E-state index contributed by atoms with van der Waals surface area (Å²) in [6, 6.07) is 14.1. The summed E-state index contributed by atoms with van der Waals surface area (Å²) in [6.07, 6.45) is 3.95. The van der Waals surface area contributed by atoms with Gasteiger partial charge in [-0.25, -0.2) is 9.48 Å². The number of amidine groups is 1. The Kier molecular flexibility index (Phi) is 6.24. The molecule has 0 aromatic heterocycles. The van der Waals surface area contributed by atoms with Gasteiger partial charge in [0.15, 0.2) is 18.0 Å². The van der Waals surface area contributed by atoms with Crippen LogP contribution in [0.15, 0.2) is 48.5 Å². The average Bonchev–Trinajstić information content (AvgIpc) is 2.87. The Morgan fingerprint density at radius 3 is 2.72 bits per heavy atom. The zero-order valence-electron chi connectivity index (χ0n) is 16.3. The highest BCUT2D eigenvalue weighted by molar-refractivity contribution is 5.97. The second kappa shape index (κ2) is 8.51. The van der Waals surface area contributed by atoms with Crippen molar-refractivity contribution < 1.29 is 36.3 Å². The van der Waals surface area contributed by atoms with E-state index in [9.17, 15) is 15.2 Å². The Hall–Kier alpha value is -2.45. The van der Waals surface area contributed by atoms with Crippen LogP contribution in [0.5, 0.6) is 5.75 Å². The third-order valence-corrected chi connectivity index (χ3v) is 5.63. The summed E-state index contributed by atoms with van der Waals surface area (Å²) in [4.78, 5) is 12.9. The zero-order chi connectivity index (χ0) is 19.7. The summed E-state index contributed by atoms with van der Waals surface area (Å²) in [6.45, 7) is 1.00. The molecule has 0 spiro atoms. The van der Waals surface area contributed by atoms with Crippen LogP contribution in [0.4, 0.5) is 11.4 Å². The van der Waals surface area contributed by atoms with Gasteiger partial charge in [-0.1, -0.05) is 24.3 Å². The number of halogens is 1. The number of ether oxygens (including phenoxy) is 1. The molecule has 0 saturated carbocycles. The number of β-amino-alcohol motifs (C(OH)–C–C–N with tert-alkyl or cyclic N) is 1. The third-order valence-electron chi connectivity index (χ3n) is 5.63. The molecular formula is C21H24BrN3O4. The van der Waals surface area contributed by atoms with Crippen molar-refractivity contribution in [2.45, 2.75) is 31.4 Å². The molecule has 0 fully saturated rings.